The second-order valence-corrected chi connectivity index (χ2v) is 5.46. The normalized spacial score (nSPS) is 10.5. The summed E-state index contributed by atoms with van der Waals surface area (Å²) in [5, 5.41) is 5.57. The fourth-order valence-corrected chi connectivity index (χ4v) is 2.70. The number of benzene rings is 1. The van der Waals surface area contributed by atoms with Crippen LogP contribution in [0.15, 0.2) is 35.7 Å². The van der Waals surface area contributed by atoms with Crippen LogP contribution in [0.4, 0.5) is 0 Å². The van der Waals surface area contributed by atoms with E-state index in [0.717, 1.165) is 31.0 Å². The monoisotopic (exact) mass is 291 g/mol. The van der Waals surface area contributed by atoms with Crippen molar-refractivity contribution >= 4 is 11.3 Å². The van der Waals surface area contributed by atoms with Gasteiger partial charge in [0.1, 0.15) is 0 Å². The van der Waals surface area contributed by atoms with Gasteiger partial charge in [0.2, 0.25) is 0 Å². The number of methoxy groups -OCH3 is 1. The second-order valence-electron chi connectivity index (χ2n) is 4.42. The lowest BCUT2D eigenvalue weighted by molar-refractivity contribution is 0.310. The Kier molecular flexibility index (Phi) is 5.89. The Balaban J connectivity index is 1.83. The molecule has 1 N–H and O–H groups in total. The van der Waals surface area contributed by atoms with Crippen molar-refractivity contribution in [2.75, 3.05) is 20.3 Å². The van der Waals surface area contributed by atoms with Crippen LogP contribution in [0.2, 0.25) is 0 Å². The fourth-order valence-electron chi connectivity index (χ4n) is 2.00. The zero-order valence-corrected chi connectivity index (χ0v) is 12.8. The molecule has 1 heterocycles. The standard InChI is InChI=1S/C16H21NO2S/c1-3-19-15-7-6-13(11-16(15)18-2)12-17-9-8-14-5-4-10-20-14/h4-7,10-11,17H,3,8-9,12H2,1-2H3. The van der Waals surface area contributed by atoms with Crippen molar-refractivity contribution in [1.29, 1.82) is 0 Å². The quantitative estimate of drug-likeness (QED) is 0.755. The van der Waals surface area contributed by atoms with E-state index in [4.69, 9.17) is 9.47 Å². The Morgan fingerprint density at radius 1 is 1.20 bits per heavy atom. The third-order valence-corrected chi connectivity index (χ3v) is 3.92. The molecular weight excluding hydrogens is 270 g/mol. The van der Waals surface area contributed by atoms with Crippen LogP contribution in [0.25, 0.3) is 0 Å². The third kappa shape index (κ3) is 4.25. The van der Waals surface area contributed by atoms with Crippen LogP contribution in [0.5, 0.6) is 11.5 Å². The summed E-state index contributed by atoms with van der Waals surface area (Å²) >= 11 is 1.81. The van der Waals surface area contributed by atoms with Crippen molar-refractivity contribution in [2.24, 2.45) is 0 Å². The van der Waals surface area contributed by atoms with Gasteiger partial charge in [0.05, 0.1) is 13.7 Å². The molecule has 0 fully saturated rings. The first-order valence-corrected chi connectivity index (χ1v) is 7.74. The van der Waals surface area contributed by atoms with Crippen LogP contribution in [-0.2, 0) is 13.0 Å². The van der Waals surface area contributed by atoms with Crippen molar-refractivity contribution in [3.63, 3.8) is 0 Å². The summed E-state index contributed by atoms with van der Waals surface area (Å²) in [7, 11) is 1.67. The van der Waals surface area contributed by atoms with Gasteiger partial charge in [-0.25, -0.2) is 0 Å². The van der Waals surface area contributed by atoms with Gasteiger partial charge in [0.15, 0.2) is 11.5 Å². The van der Waals surface area contributed by atoms with Crippen LogP contribution >= 0.6 is 11.3 Å². The van der Waals surface area contributed by atoms with Crippen molar-refractivity contribution in [1.82, 2.24) is 5.32 Å². The summed E-state index contributed by atoms with van der Waals surface area (Å²) < 4.78 is 10.9. The Morgan fingerprint density at radius 2 is 2.10 bits per heavy atom. The number of ether oxygens (including phenoxy) is 2. The minimum absolute atomic E-state index is 0.648. The number of hydrogen-bond acceptors (Lipinski definition) is 4. The van der Waals surface area contributed by atoms with E-state index in [9.17, 15) is 0 Å². The summed E-state index contributed by atoms with van der Waals surface area (Å²) in [6.45, 7) is 4.44. The highest BCUT2D eigenvalue weighted by Gasteiger charge is 2.05. The van der Waals surface area contributed by atoms with Gasteiger partial charge in [-0.15, -0.1) is 11.3 Å². The van der Waals surface area contributed by atoms with E-state index in [1.807, 2.05) is 19.1 Å². The van der Waals surface area contributed by atoms with E-state index in [1.165, 1.54) is 10.4 Å². The highest BCUT2D eigenvalue weighted by molar-refractivity contribution is 7.09. The van der Waals surface area contributed by atoms with Gasteiger partial charge in [0.25, 0.3) is 0 Å². The zero-order valence-electron chi connectivity index (χ0n) is 12.0. The molecule has 0 bridgehead atoms. The van der Waals surface area contributed by atoms with E-state index in [-0.39, 0.29) is 0 Å². The highest BCUT2D eigenvalue weighted by Crippen LogP contribution is 2.27. The molecule has 3 nitrogen and oxygen atoms in total. The Hall–Kier alpha value is -1.52. The van der Waals surface area contributed by atoms with Gasteiger partial charge in [-0.05, 0) is 42.5 Å². The fraction of sp³-hybridized carbons (Fsp3) is 0.375. The first kappa shape index (κ1) is 14.9. The number of hydrogen-bond donors (Lipinski definition) is 1. The molecule has 2 aromatic rings. The van der Waals surface area contributed by atoms with E-state index in [2.05, 4.69) is 28.9 Å². The maximum Gasteiger partial charge on any atom is 0.161 e. The maximum absolute atomic E-state index is 5.51. The molecule has 0 unspecified atom stereocenters. The molecule has 4 heteroatoms. The van der Waals surface area contributed by atoms with Crippen molar-refractivity contribution in [3.05, 3.63) is 46.2 Å². The van der Waals surface area contributed by atoms with E-state index in [0.29, 0.717) is 6.61 Å². The zero-order chi connectivity index (χ0) is 14.2. The predicted octanol–water partition coefficient (Wildman–Crippen LogP) is 3.49. The predicted molar refractivity (Wildman–Crippen MR) is 83.9 cm³/mol. The van der Waals surface area contributed by atoms with Crippen LogP contribution in [0.3, 0.4) is 0 Å². The SMILES string of the molecule is CCOc1ccc(CNCCc2cccs2)cc1OC. The molecule has 0 saturated heterocycles. The minimum Gasteiger partial charge on any atom is -0.493 e. The third-order valence-electron chi connectivity index (χ3n) is 2.99. The largest absolute Gasteiger partial charge is 0.493 e. The molecule has 0 aliphatic heterocycles. The van der Waals surface area contributed by atoms with E-state index >= 15 is 0 Å². The van der Waals surface area contributed by atoms with Gasteiger partial charge in [-0.2, -0.15) is 0 Å². The molecule has 20 heavy (non-hydrogen) atoms. The molecule has 0 saturated carbocycles. The maximum atomic E-state index is 5.51. The minimum atomic E-state index is 0.648. The molecule has 1 aromatic heterocycles. The van der Waals surface area contributed by atoms with Crippen LogP contribution in [0.1, 0.15) is 17.4 Å². The lowest BCUT2D eigenvalue weighted by atomic mass is 10.2. The summed E-state index contributed by atoms with van der Waals surface area (Å²) in [5.74, 6) is 1.60. The average molecular weight is 291 g/mol. The lowest BCUT2D eigenvalue weighted by Gasteiger charge is -2.11. The summed E-state index contributed by atoms with van der Waals surface area (Å²) in [6, 6.07) is 10.3. The van der Waals surface area contributed by atoms with Crippen LogP contribution in [-0.4, -0.2) is 20.3 Å². The number of thiophene rings is 1. The van der Waals surface area contributed by atoms with Crippen LogP contribution in [0, 0.1) is 0 Å². The Morgan fingerprint density at radius 3 is 2.80 bits per heavy atom. The first-order chi connectivity index (χ1) is 9.83. The van der Waals surface area contributed by atoms with Crippen molar-refractivity contribution in [2.45, 2.75) is 19.9 Å². The highest BCUT2D eigenvalue weighted by atomic mass is 32.1. The smallest absolute Gasteiger partial charge is 0.161 e. The van der Waals surface area contributed by atoms with Crippen molar-refractivity contribution < 1.29 is 9.47 Å². The topological polar surface area (TPSA) is 30.5 Å². The van der Waals surface area contributed by atoms with Gasteiger partial charge < -0.3 is 14.8 Å². The lowest BCUT2D eigenvalue weighted by Crippen LogP contribution is -2.16. The average Bonchev–Trinajstić information content (AvgIpc) is 2.98. The van der Waals surface area contributed by atoms with Gasteiger partial charge in [0, 0.05) is 18.0 Å². The van der Waals surface area contributed by atoms with E-state index < -0.39 is 0 Å². The molecule has 1 aromatic carbocycles. The Bertz CT molecular complexity index is 511. The van der Waals surface area contributed by atoms with Gasteiger partial charge in [-0.3, -0.25) is 0 Å². The molecule has 0 atom stereocenters. The van der Waals surface area contributed by atoms with Gasteiger partial charge >= 0.3 is 0 Å². The molecule has 0 spiro atoms. The van der Waals surface area contributed by atoms with Gasteiger partial charge in [-0.1, -0.05) is 12.1 Å². The first-order valence-electron chi connectivity index (χ1n) is 6.86. The second kappa shape index (κ2) is 7.92. The molecule has 108 valence electrons. The molecular formula is C16H21NO2S. The summed E-state index contributed by atoms with van der Waals surface area (Å²) in [6.07, 6.45) is 1.08. The molecule has 0 radical (unpaired) electrons. The molecule has 2 rings (SSSR count). The summed E-state index contributed by atoms with van der Waals surface area (Å²) in [5.41, 5.74) is 1.21. The summed E-state index contributed by atoms with van der Waals surface area (Å²) in [4.78, 5) is 1.42. The molecule has 0 aliphatic carbocycles. The van der Waals surface area contributed by atoms with E-state index in [1.54, 1.807) is 18.4 Å². The Labute approximate surface area is 124 Å². The number of rotatable bonds is 8. The molecule has 0 aliphatic rings. The van der Waals surface area contributed by atoms with Crippen LogP contribution < -0.4 is 14.8 Å². The van der Waals surface area contributed by atoms with Crippen molar-refractivity contribution in [3.8, 4) is 11.5 Å². The molecule has 0 amide bonds. The number of nitrogens with one attached hydrogen (secondary N) is 1.